The maximum atomic E-state index is 3.55. The van der Waals surface area contributed by atoms with Gasteiger partial charge in [-0.1, -0.05) is 129 Å². The minimum Gasteiger partial charge on any atom is -0.304 e. The van der Waals surface area contributed by atoms with Crippen LogP contribution in [0.1, 0.15) is 149 Å². The molecule has 0 amide bonds. The van der Waals surface area contributed by atoms with Crippen molar-refractivity contribution in [2.75, 3.05) is 46.9 Å². The molecule has 33 heavy (non-hydrogen) atoms. The standard InChI is InChI=1S/C30H65N3/c1-5-7-9-11-13-14-15-16-17-18-19-20-22-24-28-33(27-23-21-12-10-8-6-2)29-25-26-31-30-32(3)4/h31H,5-30H2,1-4H3. The molecular formula is C30H65N3. The van der Waals surface area contributed by atoms with Gasteiger partial charge in [0.15, 0.2) is 0 Å². The van der Waals surface area contributed by atoms with Crippen LogP contribution in [0.2, 0.25) is 0 Å². The van der Waals surface area contributed by atoms with Crippen LogP contribution in [0.25, 0.3) is 0 Å². The van der Waals surface area contributed by atoms with Gasteiger partial charge in [0.05, 0.1) is 0 Å². The summed E-state index contributed by atoms with van der Waals surface area (Å²) in [5, 5.41) is 3.55. The third-order valence-corrected chi connectivity index (χ3v) is 6.91. The predicted molar refractivity (Wildman–Crippen MR) is 151 cm³/mol. The Bertz CT molecular complexity index is 345. The van der Waals surface area contributed by atoms with Gasteiger partial charge in [-0.15, -0.1) is 0 Å². The fourth-order valence-corrected chi connectivity index (χ4v) is 4.71. The number of nitrogens with zero attached hydrogens (tertiary/aromatic N) is 2. The van der Waals surface area contributed by atoms with Crippen molar-refractivity contribution in [2.24, 2.45) is 0 Å². The average Bonchev–Trinajstić information content (AvgIpc) is 2.80. The second-order valence-electron chi connectivity index (χ2n) is 10.8. The van der Waals surface area contributed by atoms with Crippen LogP contribution in [-0.2, 0) is 0 Å². The molecule has 0 spiro atoms. The van der Waals surface area contributed by atoms with E-state index in [1.54, 1.807) is 0 Å². The third kappa shape index (κ3) is 28.0. The van der Waals surface area contributed by atoms with Gasteiger partial charge in [0.25, 0.3) is 0 Å². The van der Waals surface area contributed by atoms with Crippen molar-refractivity contribution in [1.29, 1.82) is 0 Å². The zero-order valence-corrected chi connectivity index (χ0v) is 23.8. The van der Waals surface area contributed by atoms with Gasteiger partial charge in [0.1, 0.15) is 0 Å². The molecule has 0 fully saturated rings. The minimum atomic E-state index is 0.996. The lowest BCUT2D eigenvalue weighted by atomic mass is 10.0. The summed E-state index contributed by atoms with van der Waals surface area (Å²) in [5.74, 6) is 0. The number of unbranched alkanes of at least 4 members (excludes halogenated alkanes) is 18. The Balaban J connectivity index is 3.69. The van der Waals surface area contributed by atoms with E-state index in [2.05, 4.69) is 43.1 Å². The van der Waals surface area contributed by atoms with E-state index >= 15 is 0 Å². The van der Waals surface area contributed by atoms with Gasteiger partial charge in [0, 0.05) is 6.67 Å². The van der Waals surface area contributed by atoms with Crippen LogP contribution in [0.15, 0.2) is 0 Å². The summed E-state index contributed by atoms with van der Waals surface area (Å²) in [6.07, 6.45) is 30.1. The summed E-state index contributed by atoms with van der Waals surface area (Å²) in [7, 11) is 4.26. The van der Waals surface area contributed by atoms with Crippen LogP contribution >= 0.6 is 0 Å². The molecule has 0 atom stereocenters. The van der Waals surface area contributed by atoms with Gasteiger partial charge in [0.2, 0.25) is 0 Å². The van der Waals surface area contributed by atoms with Gasteiger partial charge in [-0.05, 0) is 59.5 Å². The predicted octanol–water partition coefficient (Wildman–Crippen LogP) is 8.63. The Kier molecular flexibility index (Phi) is 28.0. The van der Waals surface area contributed by atoms with Crippen molar-refractivity contribution < 1.29 is 0 Å². The van der Waals surface area contributed by atoms with E-state index in [0.29, 0.717) is 0 Å². The first kappa shape index (κ1) is 32.9. The van der Waals surface area contributed by atoms with Crippen LogP contribution in [0, 0.1) is 0 Å². The van der Waals surface area contributed by atoms with E-state index in [9.17, 15) is 0 Å². The molecule has 0 aliphatic carbocycles. The molecule has 0 saturated heterocycles. The highest BCUT2D eigenvalue weighted by molar-refractivity contribution is 4.61. The van der Waals surface area contributed by atoms with Crippen molar-refractivity contribution in [2.45, 2.75) is 149 Å². The molecule has 3 heteroatoms. The molecule has 0 aromatic rings. The number of hydrogen-bond acceptors (Lipinski definition) is 3. The van der Waals surface area contributed by atoms with E-state index in [-0.39, 0.29) is 0 Å². The molecule has 200 valence electrons. The lowest BCUT2D eigenvalue weighted by Gasteiger charge is -2.23. The largest absolute Gasteiger partial charge is 0.304 e. The Morgan fingerprint density at radius 3 is 1.12 bits per heavy atom. The highest BCUT2D eigenvalue weighted by atomic mass is 15.2. The first-order valence-corrected chi connectivity index (χ1v) is 15.3. The third-order valence-electron chi connectivity index (χ3n) is 6.91. The van der Waals surface area contributed by atoms with E-state index in [4.69, 9.17) is 0 Å². The molecule has 0 aliphatic heterocycles. The van der Waals surface area contributed by atoms with E-state index in [1.165, 1.54) is 154 Å². The lowest BCUT2D eigenvalue weighted by molar-refractivity contribution is 0.253. The van der Waals surface area contributed by atoms with Crippen LogP contribution in [0.4, 0.5) is 0 Å². The monoisotopic (exact) mass is 468 g/mol. The second kappa shape index (κ2) is 28.1. The van der Waals surface area contributed by atoms with Crippen molar-refractivity contribution >= 4 is 0 Å². The molecule has 0 aromatic heterocycles. The summed E-state index contributed by atoms with van der Waals surface area (Å²) < 4.78 is 0. The number of rotatable bonds is 28. The van der Waals surface area contributed by atoms with Crippen molar-refractivity contribution in [3.63, 3.8) is 0 Å². The van der Waals surface area contributed by atoms with Crippen molar-refractivity contribution in [3.8, 4) is 0 Å². The highest BCUT2D eigenvalue weighted by Crippen LogP contribution is 2.13. The Morgan fingerprint density at radius 1 is 0.424 bits per heavy atom. The van der Waals surface area contributed by atoms with Crippen LogP contribution in [0.3, 0.4) is 0 Å². The van der Waals surface area contributed by atoms with E-state index in [0.717, 1.165) is 13.2 Å². The van der Waals surface area contributed by atoms with E-state index < -0.39 is 0 Å². The van der Waals surface area contributed by atoms with Gasteiger partial charge < -0.3 is 10.2 Å². The summed E-state index contributed by atoms with van der Waals surface area (Å²) >= 11 is 0. The van der Waals surface area contributed by atoms with Gasteiger partial charge in [-0.3, -0.25) is 4.90 Å². The molecular weight excluding hydrogens is 402 g/mol. The zero-order chi connectivity index (χ0) is 24.2. The Hall–Kier alpha value is -0.120. The Labute approximate surface area is 210 Å². The number of nitrogens with one attached hydrogen (secondary N) is 1. The molecule has 0 bridgehead atoms. The van der Waals surface area contributed by atoms with Crippen LogP contribution in [-0.4, -0.2) is 56.7 Å². The van der Waals surface area contributed by atoms with Crippen molar-refractivity contribution in [3.05, 3.63) is 0 Å². The summed E-state index contributed by atoms with van der Waals surface area (Å²) in [4.78, 5) is 4.97. The average molecular weight is 468 g/mol. The molecule has 0 aliphatic rings. The van der Waals surface area contributed by atoms with Crippen LogP contribution < -0.4 is 5.32 Å². The molecule has 0 unspecified atom stereocenters. The molecule has 0 heterocycles. The highest BCUT2D eigenvalue weighted by Gasteiger charge is 2.05. The summed E-state index contributed by atoms with van der Waals surface area (Å²) in [6.45, 7) is 10.7. The molecule has 0 aromatic carbocycles. The van der Waals surface area contributed by atoms with E-state index in [1.807, 2.05) is 0 Å². The molecule has 1 N–H and O–H groups in total. The van der Waals surface area contributed by atoms with Crippen LogP contribution in [0.5, 0.6) is 0 Å². The molecule has 0 radical (unpaired) electrons. The Morgan fingerprint density at radius 2 is 0.758 bits per heavy atom. The second-order valence-corrected chi connectivity index (χ2v) is 10.8. The molecule has 0 saturated carbocycles. The quantitative estimate of drug-likeness (QED) is 0.0917. The minimum absolute atomic E-state index is 0.996. The first-order chi connectivity index (χ1) is 16.2. The normalized spacial score (nSPS) is 11.8. The first-order valence-electron chi connectivity index (χ1n) is 15.3. The SMILES string of the molecule is CCCCCCCCCCCCCCCCN(CCCCCCCC)CCCNCN(C)C. The summed E-state index contributed by atoms with van der Waals surface area (Å²) in [6, 6.07) is 0. The van der Waals surface area contributed by atoms with Gasteiger partial charge >= 0.3 is 0 Å². The lowest BCUT2D eigenvalue weighted by Crippen LogP contribution is -2.32. The summed E-state index contributed by atoms with van der Waals surface area (Å²) in [5.41, 5.74) is 0. The van der Waals surface area contributed by atoms with Gasteiger partial charge in [-0.2, -0.15) is 0 Å². The molecule has 3 nitrogen and oxygen atoms in total. The van der Waals surface area contributed by atoms with Gasteiger partial charge in [-0.25, -0.2) is 0 Å². The number of hydrogen-bond donors (Lipinski definition) is 1. The molecule has 0 rings (SSSR count). The fraction of sp³-hybridized carbons (Fsp3) is 1.00. The van der Waals surface area contributed by atoms with Crippen molar-refractivity contribution in [1.82, 2.24) is 15.1 Å². The smallest absolute Gasteiger partial charge is 0.0474 e. The maximum absolute atomic E-state index is 3.55. The topological polar surface area (TPSA) is 18.5 Å². The zero-order valence-electron chi connectivity index (χ0n) is 23.8. The fourth-order valence-electron chi connectivity index (χ4n) is 4.71. The maximum Gasteiger partial charge on any atom is 0.0474 e.